The second kappa shape index (κ2) is 11.0. The predicted octanol–water partition coefficient (Wildman–Crippen LogP) is 4.81. The molecular weight excluding hydrogens is 402 g/mol. The lowest BCUT2D eigenvalue weighted by Crippen LogP contribution is -2.34. The number of nitrogens with zero attached hydrogens (tertiary/aromatic N) is 3. The highest BCUT2D eigenvalue weighted by molar-refractivity contribution is 5.49. The summed E-state index contributed by atoms with van der Waals surface area (Å²) in [5.41, 5.74) is 3.28. The van der Waals surface area contributed by atoms with E-state index in [9.17, 15) is 0 Å². The zero-order valence-electron chi connectivity index (χ0n) is 18.9. The van der Waals surface area contributed by atoms with Crippen LogP contribution < -0.4 is 14.4 Å². The van der Waals surface area contributed by atoms with Crippen LogP contribution in [-0.2, 0) is 17.8 Å². The molecule has 2 heterocycles. The Bertz CT molecular complexity index is 971. The van der Waals surface area contributed by atoms with Gasteiger partial charge in [-0.05, 0) is 55.5 Å². The normalized spacial score (nSPS) is 14.4. The molecule has 0 unspecified atom stereocenters. The van der Waals surface area contributed by atoms with Crippen LogP contribution in [0.5, 0.6) is 11.5 Å². The summed E-state index contributed by atoms with van der Waals surface area (Å²) in [6, 6.07) is 18.4. The Hall–Kier alpha value is -3.12. The van der Waals surface area contributed by atoms with Crippen molar-refractivity contribution in [3.63, 3.8) is 0 Å². The SMILES string of the molecule is COCOc1ccc(N2CCC(Cc3ncc(OCc4ccccc4)c(C)n3)CC2)cc1. The Kier molecular flexibility index (Phi) is 7.56. The van der Waals surface area contributed by atoms with E-state index in [4.69, 9.17) is 19.2 Å². The maximum absolute atomic E-state index is 5.91. The molecule has 4 rings (SSSR count). The van der Waals surface area contributed by atoms with Crippen LogP contribution in [0.4, 0.5) is 5.69 Å². The van der Waals surface area contributed by atoms with Gasteiger partial charge in [-0.2, -0.15) is 0 Å². The van der Waals surface area contributed by atoms with Crippen molar-refractivity contribution in [3.8, 4) is 11.5 Å². The molecule has 168 valence electrons. The van der Waals surface area contributed by atoms with Gasteiger partial charge in [-0.15, -0.1) is 0 Å². The van der Waals surface area contributed by atoms with E-state index in [-0.39, 0.29) is 6.79 Å². The first-order valence-corrected chi connectivity index (χ1v) is 11.2. The van der Waals surface area contributed by atoms with Crippen molar-refractivity contribution < 1.29 is 14.2 Å². The Labute approximate surface area is 190 Å². The highest BCUT2D eigenvalue weighted by atomic mass is 16.7. The van der Waals surface area contributed by atoms with Crippen molar-refractivity contribution in [2.24, 2.45) is 5.92 Å². The van der Waals surface area contributed by atoms with Crippen molar-refractivity contribution in [1.29, 1.82) is 0 Å². The minimum absolute atomic E-state index is 0.270. The van der Waals surface area contributed by atoms with E-state index in [2.05, 4.69) is 34.1 Å². The molecule has 1 fully saturated rings. The van der Waals surface area contributed by atoms with E-state index in [1.807, 2.05) is 43.5 Å². The van der Waals surface area contributed by atoms with E-state index in [0.717, 1.165) is 60.9 Å². The summed E-state index contributed by atoms with van der Waals surface area (Å²) < 4.78 is 16.3. The highest BCUT2D eigenvalue weighted by Crippen LogP contribution is 2.27. The van der Waals surface area contributed by atoms with Gasteiger partial charge in [0, 0.05) is 32.3 Å². The quantitative estimate of drug-likeness (QED) is 0.452. The lowest BCUT2D eigenvalue weighted by atomic mass is 9.93. The Morgan fingerprint density at radius 2 is 1.72 bits per heavy atom. The molecule has 1 aromatic heterocycles. The number of rotatable bonds is 9. The third-order valence-electron chi connectivity index (χ3n) is 5.85. The lowest BCUT2D eigenvalue weighted by Gasteiger charge is -2.33. The summed E-state index contributed by atoms with van der Waals surface area (Å²) in [6.07, 6.45) is 5.01. The third kappa shape index (κ3) is 5.98. The van der Waals surface area contributed by atoms with Crippen molar-refractivity contribution in [2.75, 3.05) is 31.9 Å². The Balaban J connectivity index is 1.26. The minimum Gasteiger partial charge on any atom is -0.485 e. The van der Waals surface area contributed by atoms with Gasteiger partial charge in [-0.3, -0.25) is 0 Å². The van der Waals surface area contributed by atoms with Gasteiger partial charge in [0.1, 0.15) is 18.2 Å². The number of benzene rings is 2. The van der Waals surface area contributed by atoms with Crippen LogP contribution in [0.25, 0.3) is 0 Å². The molecule has 0 atom stereocenters. The summed E-state index contributed by atoms with van der Waals surface area (Å²) in [4.78, 5) is 11.7. The minimum atomic E-state index is 0.270. The number of aryl methyl sites for hydroxylation is 1. The van der Waals surface area contributed by atoms with Crippen molar-refractivity contribution in [2.45, 2.75) is 32.8 Å². The molecule has 1 aliphatic heterocycles. The van der Waals surface area contributed by atoms with E-state index >= 15 is 0 Å². The number of hydrogen-bond donors (Lipinski definition) is 0. The van der Waals surface area contributed by atoms with Gasteiger partial charge in [0.25, 0.3) is 0 Å². The fourth-order valence-electron chi connectivity index (χ4n) is 4.01. The summed E-state index contributed by atoms with van der Waals surface area (Å²) in [5, 5.41) is 0. The summed E-state index contributed by atoms with van der Waals surface area (Å²) >= 11 is 0. The Morgan fingerprint density at radius 3 is 2.41 bits per heavy atom. The van der Waals surface area contributed by atoms with Gasteiger partial charge in [0.2, 0.25) is 0 Å². The first-order chi connectivity index (χ1) is 15.7. The number of aromatic nitrogens is 2. The van der Waals surface area contributed by atoms with Gasteiger partial charge in [0.15, 0.2) is 12.5 Å². The molecular formula is C26H31N3O3. The van der Waals surface area contributed by atoms with E-state index in [1.165, 1.54) is 5.69 Å². The first-order valence-electron chi connectivity index (χ1n) is 11.2. The Morgan fingerprint density at radius 1 is 0.969 bits per heavy atom. The molecule has 0 amide bonds. The molecule has 0 spiro atoms. The van der Waals surface area contributed by atoms with E-state index < -0.39 is 0 Å². The molecule has 2 aromatic carbocycles. The average Bonchev–Trinajstić information content (AvgIpc) is 2.84. The summed E-state index contributed by atoms with van der Waals surface area (Å²) in [5.74, 6) is 3.10. The second-order valence-electron chi connectivity index (χ2n) is 8.19. The average molecular weight is 434 g/mol. The number of anilines is 1. The molecule has 0 aliphatic carbocycles. The van der Waals surface area contributed by atoms with Gasteiger partial charge < -0.3 is 19.1 Å². The van der Waals surface area contributed by atoms with E-state index in [0.29, 0.717) is 12.5 Å². The van der Waals surface area contributed by atoms with Crippen molar-refractivity contribution in [3.05, 3.63) is 77.9 Å². The number of methoxy groups -OCH3 is 1. The predicted molar refractivity (Wildman–Crippen MR) is 125 cm³/mol. The van der Waals surface area contributed by atoms with Crippen LogP contribution in [0, 0.1) is 12.8 Å². The highest BCUT2D eigenvalue weighted by Gasteiger charge is 2.21. The topological polar surface area (TPSA) is 56.7 Å². The fraction of sp³-hybridized carbons (Fsp3) is 0.385. The maximum Gasteiger partial charge on any atom is 0.188 e. The molecule has 0 saturated carbocycles. The standard InChI is InChI=1S/C26H31N3O3/c1-20-25(31-18-22-6-4-3-5-7-22)17-27-26(28-20)16-21-12-14-29(15-13-21)23-8-10-24(11-9-23)32-19-30-2/h3-11,17,21H,12-16,18-19H2,1-2H3. The monoisotopic (exact) mass is 433 g/mol. The van der Waals surface area contributed by atoms with Crippen molar-refractivity contribution >= 4 is 5.69 Å². The molecule has 6 heteroatoms. The molecule has 3 aromatic rings. The van der Waals surface area contributed by atoms with Crippen LogP contribution in [0.2, 0.25) is 0 Å². The first kappa shape index (κ1) is 22.1. The van der Waals surface area contributed by atoms with Crippen molar-refractivity contribution in [1.82, 2.24) is 9.97 Å². The smallest absolute Gasteiger partial charge is 0.188 e. The molecule has 1 saturated heterocycles. The van der Waals surface area contributed by atoms with Gasteiger partial charge in [-0.25, -0.2) is 9.97 Å². The number of hydrogen-bond acceptors (Lipinski definition) is 6. The fourth-order valence-corrected chi connectivity index (χ4v) is 4.01. The van der Waals surface area contributed by atoms with Gasteiger partial charge >= 0.3 is 0 Å². The molecule has 6 nitrogen and oxygen atoms in total. The van der Waals surface area contributed by atoms with Crippen LogP contribution >= 0.6 is 0 Å². The van der Waals surface area contributed by atoms with E-state index in [1.54, 1.807) is 7.11 Å². The van der Waals surface area contributed by atoms with Gasteiger partial charge in [-0.1, -0.05) is 30.3 Å². The number of piperidine rings is 1. The molecule has 1 aliphatic rings. The molecule has 32 heavy (non-hydrogen) atoms. The maximum atomic E-state index is 5.91. The molecule has 0 N–H and O–H groups in total. The zero-order chi connectivity index (χ0) is 22.2. The second-order valence-corrected chi connectivity index (χ2v) is 8.19. The zero-order valence-corrected chi connectivity index (χ0v) is 18.9. The van der Waals surface area contributed by atoms with Crippen LogP contribution in [0.3, 0.4) is 0 Å². The van der Waals surface area contributed by atoms with Gasteiger partial charge in [0.05, 0.1) is 11.9 Å². The molecule has 0 bridgehead atoms. The van der Waals surface area contributed by atoms with Crippen LogP contribution in [-0.4, -0.2) is 37.0 Å². The lowest BCUT2D eigenvalue weighted by molar-refractivity contribution is 0.0511. The van der Waals surface area contributed by atoms with Crippen LogP contribution in [0.1, 0.15) is 29.9 Å². The largest absolute Gasteiger partial charge is 0.485 e. The summed E-state index contributed by atoms with van der Waals surface area (Å²) in [7, 11) is 1.62. The van der Waals surface area contributed by atoms with Crippen LogP contribution in [0.15, 0.2) is 60.8 Å². The summed E-state index contributed by atoms with van der Waals surface area (Å²) in [6.45, 7) is 4.88. The molecule has 0 radical (unpaired) electrons. The third-order valence-corrected chi connectivity index (χ3v) is 5.85. The number of ether oxygens (including phenoxy) is 3.